The minimum atomic E-state index is 0.549. The summed E-state index contributed by atoms with van der Waals surface area (Å²) in [5.41, 5.74) is 17.7. The summed E-state index contributed by atoms with van der Waals surface area (Å²) >= 11 is 0. The third-order valence-corrected chi connectivity index (χ3v) is 26.8. The Morgan fingerprint density at radius 3 is 0.725 bits per heavy atom. The van der Waals surface area contributed by atoms with Crippen LogP contribution in [0.1, 0.15) is 0 Å². The zero-order valence-electron chi connectivity index (χ0n) is 73.3. The van der Waals surface area contributed by atoms with Crippen LogP contribution in [0.15, 0.2) is 445 Å². The molecule has 0 aliphatic heterocycles. The molecule has 0 spiro atoms. The van der Waals surface area contributed by atoms with E-state index in [9.17, 15) is 0 Å². The maximum Gasteiger partial charge on any atom is 0.167 e. The lowest BCUT2D eigenvalue weighted by Gasteiger charge is -2.13. The van der Waals surface area contributed by atoms with E-state index in [0.717, 1.165) is 209 Å². The van der Waals surface area contributed by atoms with Crippen LogP contribution in [0, 0.1) is 0 Å². The lowest BCUT2D eigenvalue weighted by atomic mass is 9.96. The van der Waals surface area contributed by atoms with Crippen molar-refractivity contribution in [1.29, 1.82) is 0 Å². The van der Waals surface area contributed by atoms with Crippen molar-refractivity contribution in [2.75, 3.05) is 0 Å². The molecule has 30 rings (SSSR count). The Bertz CT molecular complexity index is 10100. The molecule has 0 atom stereocenters. The van der Waals surface area contributed by atoms with Gasteiger partial charge in [0.25, 0.3) is 0 Å². The highest BCUT2D eigenvalue weighted by molar-refractivity contribution is 6.20. The van der Waals surface area contributed by atoms with Crippen LogP contribution in [0.3, 0.4) is 0 Å². The van der Waals surface area contributed by atoms with Gasteiger partial charge in [-0.1, -0.05) is 328 Å². The summed E-state index contributed by atoms with van der Waals surface area (Å²) in [6.07, 6.45) is 0. The van der Waals surface area contributed by atoms with E-state index in [1.54, 1.807) is 0 Å². The third-order valence-electron chi connectivity index (χ3n) is 26.8. The summed E-state index contributed by atoms with van der Waals surface area (Å²) in [5, 5.41) is 26.2. The van der Waals surface area contributed by atoms with Gasteiger partial charge in [0, 0.05) is 109 Å². The Balaban J connectivity index is 0.000000102. The predicted molar refractivity (Wildman–Crippen MR) is 557 cm³/mol. The normalized spacial score (nSPS) is 11.9. The minimum absolute atomic E-state index is 0.549. The number of rotatable bonds is 9. The second-order valence-corrected chi connectivity index (χ2v) is 34.7. The molecule has 0 unspecified atom stereocenters. The Morgan fingerprint density at radius 1 is 0.123 bits per heavy atom. The first kappa shape index (κ1) is 77.7. The molecule has 0 aliphatic rings. The molecule has 30 aromatic rings. The maximum atomic E-state index is 6.43. The van der Waals surface area contributed by atoms with Gasteiger partial charge in [-0.25, -0.2) is 44.9 Å². The van der Waals surface area contributed by atoms with Gasteiger partial charge in [-0.15, -0.1) is 0 Å². The van der Waals surface area contributed by atoms with Gasteiger partial charge in [-0.3, -0.25) is 0 Å². The summed E-state index contributed by atoms with van der Waals surface area (Å²) in [5.74, 6) is 5.26. The average molecular weight is 1770 g/mol. The Morgan fingerprint density at radius 2 is 0.355 bits per heavy atom. The highest BCUT2D eigenvalue weighted by atomic mass is 16.3. The maximum absolute atomic E-state index is 6.43. The van der Waals surface area contributed by atoms with Crippen LogP contribution in [0.4, 0.5) is 0 Å². The second-order valence-electron chi connectivity index (χ2n) is 34.7. The number of benzene rings is 21. The van der Waals surface area contributed by atoms with Gasteiger partial charge in [0.1, 0.15) is 67.0 Å². The molecule has 9 heterocycles. The molecule has 138 heavy (non-hydrogen) atoms. The topological polar surface area (TPSA) is 195 Å². The van der Waals surface area contributed by atoms with E-state index in [2.05, 4.69) is 237 Å². The Labute approximate surface area is 783 Å². The molecule has 0 amide bonds. The van der Waals surface area contributed by atoms with E-state index in [-0.39, 0.29) is 0 Å². The van der Waals surface area contributed by atoms with Crippen molar-refractivity contribution in [3.05, 3.63) is 419 Å². The number of aromatic nitrogens is 9. The first-order chi connectivity index (χ1) is 68.4. The number of nitrogens with zero attached hydrogens (tertiary/aromatic N) is 9. The Hall–Kier alpha value is -19.0. The highest BCUT2D eigenvalue weighted by Gasteiger charge is 2.27. The minimum Gasteiger partial charge on any atom is -0.456 e. The molecule has 0 fully saturated rings. The van der Waals surface area contributed by atoms with E-state index in [0.29, 0.717) is 52.4 Å². The quantitative estimate of drug-likeness (QED) is 0.124. The lowest BCUT2D eigenvalue weighted by molar-refractivity contribution is 0.668. The zero-order chi connectivity index (χ0) is 90.6. The first-order valence-electron chi connectivity index (χ1n) is 45.8. The molecule has 0 saturated carbocycles. The molecule has 642 valence electrons. The molecular weight excluding hydrogens is 1700 g/mol. The van der Waals surface area contributed by atoms with Crippen LogP contribution in [-0.2, 0) is 0 Å². The molecule has 0 aliphatic carbocycles. The first-order valence-corrected chi connectivity index (χ1v) is 45.8. The van der Waals surface area contributed by atoms with Crippen LogP contribution in [0.5, 0.6) is 0 Å². The van der Waals surface area contributed by atoms with Gasteiger partial charge >= 0.3 is 0 Å². The predicted octanol–water partition coefficient (Wildman–Crippen LogP) is 32.9. The van der Waals surface area contributed by atoms with Crippen molar-refractivity contribution in [3.8, 4) is 102 Å². The van der Waals surface area contributed by atoms with Gasteiger partial charge in [0.05, 0.1) is 5.56 Å². The molecule has 0 saturated heterocycles. The molecule has 0 radical (unpaired) electrons. The van der Waals surface area contributed by atoms with Crippen molar-refractivity contribution < 1.29 is 26.5 Å². The molecule has 15 nitrogen and oxygen atoms in total. The third kappa shape index (κ3) is 12.8. The van der Waals surface area contributed by atoms with Crippen LogP contribution < -0.4 is 0 Å². The van der Waals surface area contributed by atoms with Crippen LogP contribution >= 0.6 is 0 Å². The fourth-order valence-corrected chi connectivity index (χ4v) is 20.5. The molecule has 0 N–H and O–H groups in total. The van der Waals surface area contributed by atoms with E-state index < -0.39 is 0 Å². The summed E-state index contributed by atoms with van der Waals surface area (Å²) in [4.78, 5) is 46.5. The number of hydrogen-bond acceptors (Lipinski definition) is 15. The second kappa shape index (κ2) is 31.4. The number of fused-ring (bicyclic) bond motifs is 27. The van der Waals surface area contributed by atoms with Gasteiger partial charge in [-0.05, 0) is 156 Å². The van der Waals surface area contributed by atoms with Gasteiger partial charge < -0.3 is 26.5 Å². The van der Waals surface area contributed by atoms with Crippen LogP contribution in [0.25, 0.3) is 299 Å². The van der Waals surface area contributed by atoms with E-state index >= 15 is 0 Å². The van der Waals surface area contributed by atoms with Crippen molar-refractivity contribution in [2.24, 2.45) is 0 Å². The van der Waals surface area contributed by atoms with E-state index in [1.165, 1.54) is 37.7 Å². The van der Waals surface area contributed by atoms with Crippen LogP contribution in [-0.4, -0.2) is 44.9 Å². The molecule has 9 aromatic heterocycles. The van der Waals surface area contributed by atoms with Crippen molar-refractivity contribution >= 4 is 196 Å². The standard InChI is InChI=1S/3C41H23N3O2/c1-2-10-27-24(9-1)19-20-25-23-26(21-22-28(25)27)39-42-40(32-14-8-18-36-37(32)31-12-4-6-17-35(31)45-36)44-41(43-39)33-15-7-13-30-29-11-3-5-16-34(29)46-38(30)33;1-2-10-27-24(9-1)19-20-25-23-26(21-22-28(25)27)39-42-40(31-13-7-17-35-37(31)29-11-3-5-15-33(29)45-35)44-41(43-39)32-14-8-18-36-38(32)30-12-4-6-16-34(30)46-36;1-2-12-25-24(11-1)23-32(27-14-4-3-13-26(25)27)41-43-39(30-17-9-21-35-37(30)28-15-5-7-19-33(28)45-35)42-40(44-41)31-18-10-22-36-38(31)29-16-6-8-20-34(29)46-36/h3*1-23H. The summed E-state index contributed by atoms with van der Waals surface area (Å²) < 4.78 is 37.7. The molecule has 21 aromatic carbocycles. The molecule has 0 bridgehead atoms. The van der Waals surface area contributed by atoms with E-state index in [1.807, 2.05) is 182 Å². The van der Waals surface area contributed by atoms with Gasteiger partial charge in [-0.2, -0.15) is 0 Å². The average Bonchev–Trinajstić information content (AvgIpc) is 1.42. The fourth-order valence-electron chi connectivity index (χ4n) is 20.5. The SMILES string of the molecule is c1ccc2c(c1)cc(-c1nc(-c3cccc4oc5ccccc5c34)nc(-c3cccc4oc5ccccc5c34)n1)c1ccccc12.c1ccc2c(c1)ccc1cc(-c3nc(-c4cccc5c4oc4ccccc45)nc(-c4cccc5oc6ccccc6c45)n3)ccc12.c1ccc2c(c1)ccc1cc(-c3nc(-c4cccc5oc6ccccc6c45)nc(-c4cccc5oc6ccccc6c45)n3)ccc12. The summed E-state index contributed by atoms with van der Waals surface area (Å²) in [7, 11) is 0. The number of furan rings is 6. The monoisotopic (exact) mass is 1770 g/mol. The zero-order valence-corrected chi connectivity index (χ0v) is 73.3. The van der Waals surface area contributed by atoms with Gasteiger partial charge in [0.15, 0.2) is 52.4 Å². The summed E-state index contributed by atoms with van der Waals surface area (Å²) in [6.45, 7) is 0. The van der Waals surface area contributed by atoms with Crippen molar-refractivity contribution in [2.45, 2.75) is 0 Å². The van der Waals surface area contributed by atoms with Crippen LogP contribution in [0.2, 0.25) is 0 Å². The smallest absolute Gasteiger partial charge is 0.167 e. The summed E-state index contributed by atoms with van der Waals surface area (Å²) in [6, 6.07) is 143. The number of para-hydroxylation sites is 7. The molecular formula is C123H69N9O6. The highest BCUT2D eigenvalue weighted by Crippen LogP contribution is 2.47. The van der Waals surface area contributed by atoms with Crippen molar-refractivity contribution in [1.82, 2.24) is 44.9 Å². The fraction of sp³-hybridized carbons (Fsp3) is 0. The largest absolute Gasteiger partial charge is 0.456 e. The Kier molecular flexibility index (Phi) is 17.7. The number of hydrogen-bond donors (Lipinski definition) is 0. The van der Waals surface area contributed by atoms with Gasteiger partial charge in [0.2, 0.25) is 0 Å². The molecule has 15 heteroatoms. The van der Waals surface area contributed by atoms with E-state index in [4.69, 9.17) is 71.4 Å². The van der Waals surface area contributed by atoms with Crippen molar-refractivity contribution in [3.63, 3.8) is 0 Å². The lowest BCUT2D eigenvalue weighted by Crippen LogP contribution is -2.01.